The summed E-state index contributed by atoms with van der Waals surface area (Å²) >= 11 is 0. The van der Waals surface area contributed by atoms with Crippen molar-refractivity contribution in [3.8, 4) is 5.75 Å². The van der Waals surface area contributed by atoms with Crippen LogP contribution in [0.1, 0.15) is 128 Å². The number of esters is 1. The molecule has 2 heterocycles. The van der Waals surface area contributed by atoms with Crippen LogP contribution in [0.4, 0.5) is 5.69 Å². The van der Waals surface area contributed by atoms with Crippen molar-refractivity contribution in [1.29, 1.82) is 0 Å². The number of hydrogen-bond acceptors (Lipinski definition) is 7. The highest BCUT2D eigenvalue weighted by Gasteiger charge is 2.23. The van der Waals surface area contributed by atoms with Crippen molar-refractivity contribution in [3.63, 3.8) is 0 Å². The molecule has 2 fully saturated rings. The van der Waals surface area contributed by atoms with Crippen LogP contribution in [-0.4, -0.2) is 54.0 Å². The molecule has 1 atom stereocenters. The van der Waals surface area contributed by atoms with Gasteiger partial charge in [0.15, 0.2) is 0 Å². The second-order valence-corrected chi connectivity index (χ2v) is 14.8. The molecule has 1 aliphatic heterocycles. The molecule has 52 heavy (non-hydrogen) atoms. The van der Waals surface area contributed by atoms with Gasteiger partial charge in [0.05, 0.1) is 0 Å². The predicted octanol–water partition coefficient (Wildman–Crippen LogP) is 10.8. The maximum atomic E-state index is 11.8. The number of benzene rings is 2. The Kier molecular flexibility index (Phi) is 18.8. The van der Waals surface area contributed by atoms with Gasteiger partial charge in [-0.1, -0.05) is 94.7 Å². The van der Waals surface area contributed by atoms with Crippen molar-refractivity contribution < 1.29 is 19.1 Å². The average molecular weight is 712 g/mol. The number of nitrogens with one attached hydrogen (secondary N) is 1. The van der Waals surface area contributed by atoms with E-state index < -0.39 is 0 Å². The van der Waals surface area contributed by atoms with Crippen LogP contribution in [0.3, 0.4) is 0 Å². The fourth-order valence-corrected chi connectivity index (χ4v) is 7.34. The molecule has 1 aliphatic carbocycles. The number of likely N-dealkylation sites (tertiary alicyclic amines) is 1. The van der Waals surface area contributed by atoms with Crippen molar-refractivity contribution in [1.82, 2.24) is 9.88 Å². The minimum absolute atomic E-state index is 0.161. The van der Waals surface area contributed by atoms with Gasteiger partial charge in [0.2, 0.25) is 0 Å². The number of carbonyl (C=O) groups is 2. The molecule has 3 aromatic rings. The van der Waals surface area contributed by atoms with Crippen molar-refractivity contribution in [3.05, 3.63) is 78.1 Å². The quantitative estimate of drug-likeness (QED) is 0.0669. The Morgan fingerprint density at radius 2 is 1.81 bits per heavy atom. The van der Waals surface area contributed by atoms with Gasteiger partial charge in [-0.25, -0.2) is 0 Å². The highest BCUT2D eigenvalue weighted by molar-refractivity contribution is 5.93. The van der Waals surface area contributed by atoms with Crippen LogP contribution in [0.15, 0.2) is 67.0 Å². The molecule has 1 saturated heterocycles. The van der Waals surface area contributed by atoms with Gasteiger partial charge in [0.25, 0.3) is 0 Å². The van der Waals surface area contributed by atoms with E-state index in [0.717, 1.165) is 80.8 Å². The molecule has 0 radical (unpaired) electrons. The lowest BCUT2D eigenvalue weighted by Crippen LogP contribution is -2.26. The van der Waals surface area contributed by atoms with Gasteiger partial charge in [0, 0.05) is 73.8 Å². The summed E-state index contributed by atoms with van der Waals surface area (Å²) in [6, 6.07) is 15.2. The minimum Gasteiger partial charge on any atom is -0.490 e. The van der Waals surface area contributed by atoms with E-state index in [2.05, 4.69) is 70.7 Å². The first-order chi connectivity index (χ1) is 25.4. The molecule has 0 spiro atoms. The molecule has 7 nitrogen and oxygen atoms in total. The van der Waals surface area contributed by atoms with Crippen molar-refractivity contribution in [2.45, 2.75) is 136 Å². The van der Waals surface area contributed by atoms with E-state index in [1.165, 1.54) is 74.4 Å². The first kappa shape index (κ1) is 41.1. The Labute approximate surface area is 314 Å². The smallest absolute Gasteiger partial charge is 0.305 e. The van der Waals surface area contributed by atoms with Crippen LogP contribution in [0.25, 0.3) is 10.8 Å². The Morgan fingerprint density at radius 1 is 0.962 bits per heavy atom. The number of aryl methyl sites for hydroxylation is 1. The molecule has 284 valence electrons. The number of allylic oxidation sites excluding steroid dienone is 2. The summed E-state index contributed by atoms with van der Waals surface area (Å²) in [4.78, 5) is 30.2. The lowest BCUT2D eigenvalue weighted by molar-refractivity contribution is -0.144. The molecular formula is C45H65N3O4. The summed E-state index contributed by atoms with van der Waals surface area (Å²) in [7, 11) is 0. The highest BCUT2D eigenvalue weighted by atomic mass is 16.6. The molecule has 0 unspecified atom stereocenters. The van der Waals surface area contributed by atoms with Crippen LogP contribution in [0.2, 0.25) is 0 Å². The van der Waals surface area contributed by atoms with Crippen LogP contribution >= 0.6 is 0 Å². The third kappa shape index (κ3) is 15.1. The van der Waals surface area contributed by atoms with Crippen LogP contribution in [0, 0.1) is 12.8 Å². The van der Waals surface area contributed by atoms with E-state index >= 15 is 0 Å². The number of rotatable bonds is 21. The third-order valence-electron chi connectivity index (χ3n) is 10.4. The number of aromatic nitrogens is 1. The number of nitrogens with zero attached hydrogens (tertiary/aromatic N) is 2. The lowest BCUT2D eigenvalue weighted by Gasteiger charge is -2.19. The number of ether oxygens (including phenoxy) is 2. The average Bonchev–Trinajstić information content (AvgIpc) is 3.85. The molecule has 1 saturated carbocycles. The molecule has 0 bridgehead atoms. The molecule has 7 heteroatoms. The number of pyridine rings is 1. The maximum absolute atomic E-state index is 11.8. The third-order valence-corrected chi connectivity index (χ3v) is 10.4. The second kappa shape index (κ2) is 23.8. The van der Waals surface area contributed by atoms with E-state index in [4.69, 9.17) is 9.47 Å². The molecule has 1 N–H and O–H groups in total. The van der Waals surface area contributed by atoms with E-state index in [0.29, 0.717) is 24.9 Å². The van der Waals surface area contributed by atoms with Gasteiger partial charge in [-0.05, 0) is 81.2 Å². The van der Waals surface area contributed by atoms with Crippen molar-refractivity contribution in [2.75, 3.05) is 31.6 Å². The Bertz CT molecular complexity index is 1510. The monoisotopic (exact) mass is 711 g/mol. The van der Waals surface area contributed by atoms with Crippen LogP contribution < -0.4 is 10.1 Å². The molecule has 2 aliphatic rings. The van der Waals surface area contributed by atoms with Gasteiger partial charge < -0.3 is 14.8 Å². The SMILES string of the molecule is C/C=C\CCCC(=O)OCCOc1cc(CN2CC[C@@H](Nc3cccc4cnccc34)C2)ccc1C.CCCCCCCC(=O)CCC1CCCC1. The lowest BCUT2D eigenvalue weighted by atomic mass is 9.98. The molecule has 0 amide bonds. The number of hydrogen-bond donors (Lipinski definition) is 1. The topological polar surface area (TPSA) is 80.8 Å². The van der Waals surface area contributed by atoms with Gasteiger partial charge >= 0.3 is 5.97 Å². The highest BCUT2D eigenvalue weighted by Crippen LogP contribution is 2.29. The Balaban J connectivity index is 0.000000317. The fourth-order valence-electron chi connectivity index (χ4n) is 7.34. The summed E-state index contributed by atoms with van der Waals surface area (Å²) in [5, 5.41) is 6.11. The van der Waals surface area contributed by atoms with Gasteiger partial charge in [-0.2, -0.15) is 0 Å². The number of anilines is 1. The summed E-state index contributed by atoms with van der Waals surface area (Å²) in [5.74, 6) is 2.09. The molecule has 5 rings (SSSR count). The van der Waals surface area contributed by atoms with Gasteiger partial charge in [-0.15, -0.1) is 0 Å². The number of Topliss-reactive ketones (excluding diaryl/α,β-unsaturated/α-hetero) is 1. The maximum Gasteiger partial charge on any atom is 0.305 e. The summed E-state index contributed by atoms with van der Waals surface area (Å²) in [6.07, 6.45) is 25.8. The first-order valence-electron chi connectivity index (χ1n) is 20.3. The van der Waals surface area contributed by atoms with Crippen molar-refractivity contribution in [2.24, 2.45) is 5.92 Å². The van der Waals surface area contributed by atoms with Crippen LogP contribution in [0.5, 0.6) is 5.75 Å². The minimum atomic E-state index is -0.161. The van der Waals surface area contributed by atoms with Gasteiger partial charge in [-0.3, -0.25) is 19.5 Å². The van der Waals surface area contributed by atoms with Crippen LogP contribution in [-0.2, 0) is 20.9 Å². The molecule has 1 aromatic heterocycles. The first-order valence-corrected chi connectivity index (χ1v) is 20.3. The van der Waals surface area contributed by atoms with E-state index in [9.17, 15) is 9.59 Å². The summed E-state index contributed by atoms with van der Waals surface area (Å²) in [5.41, 5.74) is 3.49. The largest absolute Gasteiger partial charge is 0.490 e. The number of fused-ring (bicyclic) bond motifs is 1. The van der Waals surface area contributed by atoms with Gasteiger partial charge in [0.1, 0.15) is 24.7 Å². The summed E-state index contributed by atoms with van der Waals surface area (Å²) in [6.45, 7) is 9.83. The second-order valence-electron chi connectivity index (χ2n) is 14.8. The number of unbranched alkanes of at least 4 members (excludes halogenated alkanes) is 5. The molecular weight excluding hydrogens is 647 g/mol. The Hall–Kier alpha value is -3.71. The zero-order chi connectivity index (χ0) is 36.8. The standard InChI is InChI=1S/C30H37N3O3.C15H28O/c1-3-4-5-6-10-30(34)36-18-17-35-29-19-24(12-11-23(29)2)21-33-16-14-26(22-33)32-28-9-7-8-25-20-31-15-13-27(25)28;1-2-3-4-5-6-11-15(16)13-12-14-9-7-8-10-14/h3-4,7-9,11-13,15,19-20,26,32H,5-6,10,14,16-18,21-22H2,1-2H3;14H,2-13H2,1H3/b4-3-;/t26-;/m1./s1. The summed E-state index contributed by atoms with van der Waals surface area (Å²) < 4.78 is 11.3. The van der Waals surface area contributed by atoms with Crippen molar-refractivity contribution >= 4 is 28.2 Å². The predicted molar refractivity (Wildman–Crippen MR) is 215 cm³/mol. The molecule has 2 aromatic carbocycles. The zero-order valence-electron chi connectivity index (χ0n) is 32.4. The normalized spacial score (nSPS) is 16.2. The fraction of sp³-hybridized carbons (Fsp3) is 0.578. The number of carbonyl (C=O) groups excluding carboxylic acids is 2. The Morgan fingerprint density at radius 3 is 2.63 bits per heavy atom. The van der Waals surface area contributed by atoms with E-state index in [1.807, 2.05) is 32.3 Å². The van der Waals surface area contributed by atoms with E-state index in [1.54, 1.807) is 0 Å². The number of ketones is 1. The van der Waals surface area contributed by atoms with E-state index in [-0.39, 0.29) is 12.6 Å². The zero-order valence-corrected chi connectivity index (χ0v) is 32.4.